The molecule has 2 rings (SSSR count). The van der Waals surface area contributed by atoms with E-state index >= 15 is 0 Å². The summed E-state index contributed by atoms with van der Waals surface area (Å²) in [6.45, 7) is -1.45. The molecule has 1 heterocycles. The first kappa shape index (κ1) is 21.1. The van der Waals surface area contributed by atoms with Crippen molar-refractivity contribution in [1.82, 2.24) is 4.98 Å². The van der Waals surface area contributed by atoms with Crippen molar-refractivity contribution < 1.29 is 35.8 Å². The predicted molar refractivity (Wildman–Crippen MR) is 87.9 cm³/mol. The first-order chi connectivity index (χ1) is 13.0. The number of hydrogen-bond acceptors (Lipinski definition) is 4. The molecular weight excluding hydrogens is 394 g/mol. The van der Waals surface area contributed by atoms with Crippen molar-refractivity contribution in [3.8, 4) is 11.6 Å². The Hall–Kier alpha value is -3.18. The highest BCUT2D eigenvalue weighted by Crippen LogP contribution is 2.24. The minimum absolute atomic E-state index is 0.0129. The Morgan fingerprint density at radius 2 is 1.75 bits per heavy atom. The van der Waals surface area contributed by atoms with E-state index < -0.39 is 24.9 Å². The third-order valence-electron chi connectivity index (χ3n) is 2.98. The first-order valence-corrected chi connectivity index (χ1v) is 7.57. The SMILES string of the molecule is NC(=NCc1ccnc(OCC(F)(F)F)c1)Nc1ccc(OC(F)(F)F)cc1. The zero-order valence-corrected chi connectivity index (χ0v) is 14.0. The number of ether oxygens (including phenoxy) is 2. The number of aliphatic imine (C=N–C) groups is 1. The van der Waals surface area contributed by atoms with Crippen LogP contribution in [0.15, 0.2) is 47.6 Å². The van der Waals surface area contributed by atoms with Gasteiger partial charge in [-0.15, -0.1) is 13.2 Å². The number of halogens is 6. The van der Waals surface area contributed by atoms with Gasteiger partial charge in [-0.05, 0) is 35.9 Å². The van der Waals surface area contributed by atoms with Crippen LogP contribution in [0.3, 0.4) is 0 Å². The van der Waals surface area contributed by atoms with Crippen molar-refractivity contribution in [2.45, 2.75) is 19.1 Å². The van der Waals surface area contributed by atoms with Gasteiger partial charge in [0.2, 0.25) is 5.88 Å². The first-order valence-electron chi connectivity index (χ1n) is 7.57. The summed E-state index contributed by atoms with van der Waals surface area (Å²) in [6.07, 6.45) is -8.01. The molecular formula is C16H14F6N4O2. The van der Waals surface area contributed by atoms with E-state index in [1.165, 1.54) is 30.5 Å². The number of benzene rings is 1. The lowest BCUT2D eigenvalue weighted by molar-refractivity contribution is -0.274. The molecule has 0 fully saturated rings. The summed E-state index contributed by atoms with van der Waals surface area (Å²) in [7, 11) is 0. The van der Waals surface area contributed by atoms with Crippen molar-refractivity contribution in [2.75, 3.05) is 11.9 Å². The van der Waals surface area contributed by atoms with Crippen molar-refractivity contribution in [3.63, 3.8) is 0 Å². The molecule has 28 heavy (non-hydrogen) atoms. The van der Waals surface area contributed by atoms with E-state index in [0.29, 0.717) is 11.3 Å². The van der Waals surface area contributed by atoms with Crippen LogP contribution in [0.25, 0.3) is 0 Å². The molecule has 0 aliphatic heterocycles. The molecule has 0 aliphatic rings. The van der Waals surface area contributed by atoms with E-state index in [1.54, 1.807) is 0 Å². The number of hydrogen-bond donors (Lipinski definition) is 2. The molecule has 0 bridgehead atoms. The normalized spacial score (nSPS) is 12.6. The number of guanidine groups is 1. The second-order valence-corrected chi connectivity index (χ2v) is 5.30. The maximum absolute atomic E-state index is 12.1. The Morgan fingerprint density at radius 3 is 2.36 bits per heavy atom. The molecule has 12 heteroatoms. The molecule has 3 N–H and O–H groups in total. The summed E-state index contributed by atoms with van der Waals surface area (Å²) >= 11 is 0. The Balaban J connectivity index is 1.92. The van der Waals surface area contributed by atoms with Gasteiger partial charge in [0.1, 0.15) is 5.75 Å². The van der Waals surface area contributed by atoms with Crippen molar-refractivity contribution in [3.05, 3.63) is 48.2 Å². The number of anilines is 1. The zero-order valence-electron chi connectivity index (χ0n) is 14.0. The Kier molecular flexibility index (Phi) is 6.54. The molecule has 0 spiro atoms. The van der Waals surface area contributed by atoms with Gasteiger partial charge in [-0.3, -0.25) is 0 Å². The van der Waals surface area contributed by atoms with Crippen molar-refractivity contribution >= 4 is 11.6 Å². The van der Waals surface area contributed by atoms with E-state index in [4.69, 9.17) is 5.73 Å². The smallest absolute Gasteiger partial charge is 0.468 e. The van der Waals surface area contributed by atoms with Crippen LogP contribution in [0.1, 0.15) is 5.56 Å². The molecule has 0 aliphatic carbocycles. The third kappa shape index (κ3) is 8.01. The molecule has 152 valence electrons. The van der Waals surface area contributed by atoms with Crippen LogP contribution in [0.2, 0.25) is 0 Å². The number of alkyl halides is 6. The van der Waals surface area contributed by atoms with Crippen LogP contribution in [0, 0.1) is 0 Å². The van der Waals surface area contributed by atoms with Gasteiger partial charge in [0, 0.05) is 18.0 Å². The lowest BCUT2D eigenvalue weighted by Crippen LogP contribution is -2.22. The summed E-state index contributed by atoms with van der Waals surface area (Å²) in [5, 5.41) is 2.66. The Morgan fingerprint density at radius 1 is 1.07 bits per heavy atom. The van der Waals surface area contributed by atoms with Gasteiger partial charge in [-0.1, -0.05) is 0 Å². The maximum Gasteiger partial charge on any atom is 0.573 e. The maximum atomic E-state index is 12.1. The fourth-order valence-corrected chi connectivity index (χ4v) is 1.89. The Labute approximate surface area is 155 Å². The number of nitrogens with two attached hydrogens (primary N) is 1. The van der Waals surface area contributed by atoms with Gasteiger partial charge < -0.3 is 20.5 Å². The number of pyridine rings is 1. The van der Waals surface area contributed by atoms with Gasteiger partial charge in [0.05, 0.1) is 6.54 Å². The minimum Gasteiger partial charge on any atom is -0.468 e. The average molecular weight is 408 g/mol. The lowest BCUT2D eigenvalue weighted by atomic mass is 10.3. The molecule has 0 atom stereocenters. The highest BCUT2D eigenvalue weighted by Gasteiger charge is 2.31. The number of nitrogens with zero attached hydrogens (tertiary/aromatic N) is 2. The monoisotopic (exact) mass is 408 g/mol. The molecule has 0 amide bonds. The van der Waals surface area contributed by atoms with Gasteiger partial charge in [0.25, 0.3) is 0 Å². The van der Waals surface area contributed by atoms with E-state index in [9.17, 15) is 26.3 Å². The van der Waals surface area contributed by atoms with Gasteiger partial charge >= 0.3 is 12.5 Å². The third-order valence-corrected chi connectivity index (χ3v) is 2.98. The Bertz CT molecular complexity index is 806. The predicted octanol–water partition coefficient (Wildman–Crippen LogP) is 3.85. The fraction of sp³-hybridized carbons (Fsp3) is 0.250. The largest absolute Gasteiger partial charge is 0.573 e. The minimum atomic E-state index is -4.79. The fourth-order valence-electron chi connectivity index (χ4n) is 1.89. The van der Waals surface area contributed by atoms with Gasteiger partial charge in [-0.25, -0.2) is 9.98 Å². The van der Waals surface area contributed by atoms with Crippen LogP contribution >= 0.6 is 0 Å². The van der Waals surface area contributed by atoms with Crippen LogP contribution in [0.4, 0.5) is 32.0 Å². The quantitative estimate of drug-likeness (QED) is 0.431. The summed E-state index contributed by atoms with van der Waals surface area (Å²) in [6, 6.07) is 7.59. The highest BCUT2D eigenvalue weighted by atomic mass is 19.4. The van der Waals surface area contributed by atoms with E-state index in [2.05, 4.69) is 24.8 Å². The topological polar surface area (TPSA) is 81.8 Å². The van der Waals surface area contributed by atoms with Crippen LogP contribution < -0.4 is 20.5 Å². The summed E-state index contributed by atoms with van der Waals surface area (Å²) < 4.78 is 81.0. The molecule has 0 saturated carbocycles. The highest BCUT2D eigenvalue weighted by molar-refractivity contribution is 5.92. The van der Waals surface area contributed by atoms with E-state index in [1.807, 2.05) is 0 Å². The number of aromatic nitrogens is 1. The standard InChI is InChI=1S/C16H14F6N4O2/c17-15(18,19)9-27-13-7-10(5-6-24-13)8-25-14(23)26-11-1-3-12(4-2-11)28-16(20,21)22/h1-7H,8-9H2,(H3,23,25,26). The van der Waals surface area contributed by atoms with E-state index in [0.717, 1.165) is 12.1 Å². The number of rotatable bonds is 6. The molecule has 1 aromatic carbocycles. The summed E-state index contributed by atoms with van der Waals surface area (Å²) in [5.74, 6) is -0.660. The lowest BCUT2D eigenvalue weighted by Gasteiger charge is -2.10. The van der Waals surface area contributed by atoms with Gasteiger partial charge in [-0.2, -0.15) is 13.2 Å². The zero-order chi connectivity index (χ0) is 20.8. The summed E-state index contributed by atoms with van der Waals surface area (Å²) in [5.41, 5.74) is 6.53. The van der Waals surface area contributed by atoms with Crippen molar-refractivity contribution in [2.24, 2.45) is 10.7 Å². The van der Waals surface area contributed by atoms with Gasteiger partial charge in [0.15, 0.2) is 12.6 Å². The molecule has 0 unspecified atom stereocenters. The molecule has 1 aromatic heterocycles. The van der Waals surface area contributed by atoms with Crippen LogP contribution in [-0.4, -0.2) is 30.1 Å². The molecule has 6 nitrogen and oxygen atoms in total. The second-order valence-electron chi connectivity index (χ2n) is 5.30. The van der Waals surface area contributed by atoms with Crippen LogP contribution in [-0.2, 0) is 6.54 Å². The molecule has 2 aromatic rings. The molecule has 0 saturated heterocycles. The van der Waals surface area contributed by atoms with Crippen molar-refractivity contribution in [1.29, 1.82) is 0 Å². The molecule has 0 radical (unpaired) electrons. The second kappa shape index (κ2) is 8.67. The summed E-state index contributed by atoms with van der Waals surface area (Å²) in [4.78, 5) is 7.65. The number of nitrogens with one attached hydrogen (secondary N) is 1. The van der Waals surface area contributed by atoms with Crippen LogP contribution in [0.5, 0.6) is 11.6 Å². The van der Waals surface area contributed by atoms with E-state index in [-0.39, 0.29) is 18.4 Å². The average Bonchev–Trinajstić information content (AvgIpc) is 2.58.